The van der Waals surface area contributed by atoms with E-state index in [1.165, 1.54) is 11.2 Å². The molecule has 16 heteroatoms. The van der Waals surface area contributed by atoms with Crippen molar-refractivity contribution in [3.05, 3.63) is 108 Å². The summed E-state index contributed by atoms with van der Waals surface area (Å²) in [5, 5.41) is 20.6. The molecule has 15 nitrogen and oxygen atoms in total. The number of hydrogen-bond acceptors (Lipinski definition) is 12. The lowest BCUT2D eigenvalue weighted by atomic mass is 9.99. The smallest absolute Gasteiger partial charge is 0.303 e. The predicted octanol–water partition coefficient (Wildman–Crippen LogP) is 5.59. The maximum Gasteiger partial charge on any atom is 0.303 e. The van der Waals surface area contributed by atoms with Crippen LogP contribution in [0.4, 0.5) is 0 Å². The normalized spacial score (nSPS) is 12.9. The van der Waals surface area contributed by atoms with Gasteiger partial charge in [0.2, 0.25) is 5.91 Å². The van der Waals surface area contributed by atoms with Gasteiger partial charge in [0.05, 0.1) is 44.5 Å². The first-order chi connectivity index (χ1) is 28.9. The van der Waals surface area contributed by atoms with Gasteiger partial charge in [-0.25, -0.2) is 8.42 Å². The standard InChI is InChI=1S/C44H46N2O13S/c1-60(52,53)36-12-3-29(4-13-36)37-14-5-30-26-32(47)6-15-38(30)42(37)59-34-10-8-33(9-11-34)57-24-22-55-20-18-54-19-21-56-23-25-58-35-7-2-31-28-46(44(51)39(31)27-35)40(43(45)50)16-17-41(48)49/h2-15,26-27,40,47H,16-25,28H2,1H3,(H2,45,50)(H,48,49). The monoisotopic (exact) mass is 842 g/mol. The summed E-state index contributed by atoms with van der Waals surface area (Å²) in [4.78, 5) is 37.4. The first kappa shape index (κ1) is 43.4. The van der Waals surface area contributed by atoms with Crippen LogP contribution in [-0.4, -0.2) is 106 Å². The summed E-state index contributed by atoms with van der Waals surface area (Å²) in [6, 6.07) is 26.6. The first-order valence-corrected chi connectivity index (χ1v) is 21.0. The van der Waals surface area contributed by atoms with E-state index in [1.807, 2.05) is 12.1 Å². The van der Waals surface area contributed by atoms with Crippen molar-refractivity contribution in [2.24, 2.45) is 5.73 Å². The van der Waals surface area contributed by atoms with Crippen molar-refractivity contribution in [2.45, 2.75) is 30.3 Å². The quantitative estimate of drug-likeness (QED) is 0.0686. The van der Waals surface area contributed by atoms with Crippen LogP contribution in [0.25, 0.3) is 21.9 Å². The summed E-state index contributed by atoms with van der Waals surface area (Å²) < 4.78 is 58.7. The molecular weight excluding hydrogens is 797 g/mol. The minimum atomic E-state index is -3.35. The topological polar surface area (TPSA) is 210 Å². The van der Waals surface area contributed by atoms with E-state index >= 15 is 0 Å². The summed E-state index contributed by atoms with van der Waals surface area (Å²) in [7, 11) is -3.35. The van der Waals surface area contributed by atoms with Gasteiger partial charge < -0.3 is 49.3 Å². The zero-order chi connectivity index (χ0) is 42.6. The minimum absolute atomic E-state index is 0.0603. The fourth-order valence-electron chi connectivity index (χ4n) is 6.56. The predicted molar refractivity (Wildman–Crippen MR) is 220 cm³/mol. The van der Waals surface area contributed by atoms with Crippen LogP contribution in [-0.2, 0) is 40.2 Å². The number of aromatic hydroxyl groups is 1. The van der Waals surface area contributed by atoms with Gasteiger partial charge in [-0.05, 0) is 95.7 Å². The number of hydrogen-bond donors (Lipinski definition) is 3. The number of primary amides is 1. The molecule has 60 heavy (non-hydrogen) atoms. The number of nitrogens with zero attached hydrogens (tertiary/aromatic N) is 1. The van der Waals surface area contributed by atoms with Crippen LogP contribution in [0.2, 0.25) is 0 Å². The van der Waals surface area contributed by atoms with Crippen LogP contribution in [0.15, 0.2) is 102 Å². The summed E-state index contributed by atoms with van der Waals surface area (Å²) in [5.74, 6) is 0.110. The number of sulfone groups is 1. The average Bonchev–Trinajstić information content (AvgIpc) is 3.54. The molecule has 1 atom stereocenters. The van der Waals surface area contributed by atoms with Crippen LogP contribution in [0.5, 0.6) is 28.7 Å². The molecule has 0 saturated heterocycles. The SMILES string of the molecule is CS(=O)(=O)c1ccc(-c2ccc3cc(O)ccc3c2Oc2ccc(OCCOCCOCCOCCOc3ccc4c(c3)C(=O)N(C(CCC(=O)O)C(N)=O)C4)cc2)cc1. The number of amides is 2. The molecule has 0 bridgehead atoms. The van der Waals surface area contributed by atoms with Crippen molar-refractivity contribution in [1.29, 1.82) is 0 Å². The largest absolute Gasteiger partial charge is 0.508 e. The molecule has 0 fully saturated rings. The summed E-state index contributed by atoms with van der Waals surface area (Å²) in [6.45, 7) is 2.81. The lowest BCUT2D eigenvalue weighted by Crippen LogP contribution is -2.45. The van der Waals surface area contributed by atoms with Gasteiger partial charge in [-0.1, -0.05) is 24.3 Å². The van der Waals surface area contributed by atoms with Gasteiger partial charge in [0.1, 0.15) is 48.0 Å². The highest BCUT2D eigenvalue weighted by atomic mass is 32.2. The average molecular weight is 843 g/mol. The van der Waals surface area contributed by atoms with E-state index < -0.39 is 33.7 Å². The van der Waals surface area contributed by atoms with E-state index in [9.17, 15) is 27.9 Å². The number of carboxylic acids is 1. The molecule has 316 valence electrons. The number of phenols is 1. The fraction of sp³-hybridized carbons (Fsp3) is 0.295. The Balaban J connectivity index is 0.855. The number of nitrogens with two attached hydrogens (primary N) is 1. The van der Waals surface area contributed by atoms with E-state index in [-0.39, 0.29) is 36.6 Å². The molecule has 0 radical (unpaired) electrons. The number of carbonyl (C=O) groups is 3. The van der Waals surface area contributed by atoms with Gasteiger partial charge in [-0.3, -0.25) is 14.4 Å². The third-order valence-corrected chi connectivity index (χ3v) is 10.7. The highest BCUT2D eigenvalue weighted by Crippen LogP contribution is 2.41. The summed E-state index contributed by atoms with van der Waals surface area (Å²) in [5.41, 5.74) is 8.07. The molecule has 1 unspecified atom stereocenters. The van der Waals surface area contributed by atoms with Crippen molar-refractivity contribution in [2.75, 3.05) is 59.1 Å². The van der Waals surface area contributed by atoms with E-state index in [4.69, 9.17) is 39.3 Å². The number of fused-ring (bicyclic) bond motifs is 2. The van der Waals surface area contributed by atoms with E-state index in [0.717, 1.165) is 21.9 Å². The highest BCUT2D eigenvalue weighted by Gasteiger charge is 2.36. The van der Waals surface area contributed by atoms with Gasteiger partial charge in [0.25, 0.3) is 5.91 Å². The Morgan fingerprint density at radius 2 is 1.33 bits per heavy atom. The Bertz CT molecular complexity index is 2400. The van der Waals surface area contributed by atoms with Gasteiger partial charge >= 0.3 is 5.97 Å². The Hall–Kier alpha value is -6.20. The number of benzene rings is 5. The Kier molecular flexibility index (Phi) is 14.6. The minimum Gasteiger partial charge on any atom is -0.508 e. The van der Waals surface area contributed by atoms with Crippen molar-refractivity contribution in [1.82, 2.24) is 4.90 Å². The molecule has 0 saturated carbocycles. The fourth-order valence-corrected chi connectivity index (χ4v) is 7.19. The molecule has 5 aromatic rings. The summed E-state index contributed by atoms with van der Waals surface area (Å²) >= 11 is 0. The van der Waals surface area contributed by atoms with Crippen molar-refractivity contribution in [3.8, 4) is 39.9 Å². The molecule has 2 amide bonds. The zero-order valence-electron chi connectivity index (χ0n) is 32.9. The third kappa shape index (κ3) is 11.5. The van der Waals surface area contributed by atoms with E-state index in [0.29, 0.717) is 80.4 Å². The van der Waals surface area contributed by atoms with Gasteiger partial charge in [-0.2, -0.15) is 0 Å². The Morgan fingerprint density at radius 1 is 0.733 bits per heavy atom. The molecule has 0 spiro atoms. The number of ether oxygens (including phenoxy) is 6. The molecule has 0 aromatic heterocycles. The van der Waals surface area contributed by atoms with Crippen LogP contribution in [0, 0.1) is 0 Å². The number of carboxylic acid groups (broad SMARTS) is 1. The van der Waals surface area contributed by atoms with Crippen LogP contribution in [0.3, 0.4) is 0 Å². The lowest BCUT2D eigenvalue weighted by Gasteiger charge is -2.24. The molecule has 6 rings (SSSR count). The number of aliphatic carboxylic acids is 1. The second-order valence-electron chi connectivity index (χ2n) is 13.9. The van der Waals surface area contributed by atoms with Crippen LogP contribution < -0.4 is 19.9 Å². The Labute approximate surface area is 347 Å². The molecule has 0 aliphatic carbocycles. The molecule has 4 N–H and O–H groups in total. The number of rotatable bonds is 23. The molecule has 5 aromatic carbocycles. The number of carbonyl (C=O) groups excluding carboxylic acids is 2. The maximum absolute atomic E-state index is 13.0. The second kappa shape index (κ2) is 20.2. The van der Waals surface area contributed by atoms with Crippen molar-refractivity contribution >= 4 is 38.4 Å². The van der Waals surface area contributed by atoms with Crippen molar-refractivity contribution in [3.63, 3.8) is 0 Å². The molecule has 1 aliphatic rings. The van der Waals surface area contributed by atoms with Gasteiger partial charge in [0.15, 0.2) is 9.84 Å². The number of phenolic OH excluding ortho intramolecular Hbond substituents is 1. The van der Waals surface area contributed by atoms with Crippen LogP contribution >= 0.6 is 0 Å². The second-order valence-corrected chi connectivity index (χ2v) is 15.9. The molecule has 1 heterocycles. The third-order valence-electron chi connectivity index (χ3n) is 9.58. The summed E-state index contributed by atoms with van der Waals surface area (Å²) in [6.07, 6.45) is 0.825. The molecule has 1 aliphatic heterocycles. The van der Waals surface area contributed by atoms with E-state index in [2.05, 4.69) is 0 Å². The van der Waals surface area contributed by atoms with Gasteiger partial charge in [-0.15, -0.1) is 0 Å². The highest BCUT2D eigenvalue weighted by molar-refractivity contribution is 7.90. The lowest BCUT2D eigenvalue weighted by molar-refractivity contribution is -0.137. The first-order valence-electron chi connectivity index (χ1n) is 19.2. The zero-order valence-corrected chi connectivity index (χ0v) is 33.7. The van der Waals surface area contributed by atoms with E-state index in [1.54, 1.807) is 84.9 Å². The van der Waals surface area contributed by atoms with Crippen molar-refractivity contribution < 1.29 is 61.4 Å². The van der Waals surface area contributed by atoms with Gasteiger partial charge in [0, 0.05) is 35.7 Å². The maximum atomic E-state index is 13.0. The Morgan fingerprint density at radius 3 is 1.95 bits per heavy atom. The van der Waals surface area contributed by atoms with Crippen LogP contribution in [0.1, 0.15) is 28.8 Å². The molecular formula is C44H46N2O13S.